The number of carbonyl (C=O) groups is 2. The predicted octanol–water partition coefficient (Wildman–Crippen LogP) is 3.76. The smallest absolute Gasteiger partial charge is 0.311 e. The first-order valence-electron chi connectivity index (χ1n) is 10.2. The molecule has 160 valence electrons. The first kappa shape index (κ1) is 20.0. The minimum absolute atomic E-state index is 0.0274. The fourth-order valence-corrected chi connectivity index (χ4v) is 4.70. The number of hydrogen-bond acceptors (Lipinski definition) is 5. The Morgan fingerprint density at radius 3 is 2.65 bits per heavy atom. The minimum Gasteiger partial charge on any atom is -0.311 e. The molecule has 31 heavy (non-hydrogen) atoms. The number of thioether (sulfide) groups is 1. The van der Waals surface area contributed by atoms with E-state index in [1.54, 1.807) is 17.8 Å². The van der Waals surface area contributed by atoms with E-state index in [1.807, 2.05) is 29.1 Å². The fraction of sp³-hybridized carbons (Fsp3) is 0.364. The number of nitrogens with zero attached hydrogens (tertiary/aromatic N) is 5. The van der Waals surface area contributed by atoms with Crippen molar-refractivity contribution in [2.45, 2.75) is 30.8 Å². The standard InChI is InChI=1S/C22H22FN5O2S/c1-26-19(29)12-27(22(26)30)11-15-6-5-14(9-17(15)23)16-7-8-18-20(21(16)31-2)24-25-28(18)10-13-3-4-13/h5-9,13H,3-4,10-12H2,1-2H3. The summed E-state index contributed by atoms with van der Waals surface area (Å²) in [6.07, 6.45) is 4.47. The summed E-state index contributed by atoms with van der Waals surface area (Å²) in [5.74, 6) is 0.00744. The Morgan fingerprint density at radius 2 is 2.00 bits per heavy atom. The number of urea groups is 1. The molecule has 1 aliphatic heterocycles. The first-order valence-corrected chi connectivity index (χ1v) is 11.4. The van der Waals surface area contributed by atoms with Gasteiger partial charge in [0.15, 0.2) is 0 Å². The van der Waals surface area contributed by atoms with Crippen molar-refractivity contribution in [3.8, 4) is 11.1 Å². The molecule has 5 rings (SSSR count). The lowest BCUT2D eigenvalue weighted by Crippen LogP contribution is -2.29. The lowest BCUT2D eigenvalue weighted by Gasteiger charge is -2.16. The molecule has 1 aromatic heterocycles. The summed E-state index contributed by atoms with van der Waals surface area (Å²) in [6, 6.07) is 8.60. The van der Waals surface area contributed by atoms with E-state index >= 15 is 0 Å². The molecular formula is C22H22FN5O2S. The third-order valence-electron chi connectivity index (χ3n) is 5.96. The summed E-state index contributed by atoms with van der Waals surface area (Å²) in [5, 5.41) is 8.74. The van der Waals surface area contributed by atoms with Gasteiger partial charge < -0.3 is 4.90 Å². The molecule has 0 bridgehead atoms. The van der Waals surface area contributed by atoms with Gasteiger partial charge in [0.05, 0.1) is 12.1 Å². The van der Waals surface area contributed by atoms with Crippen LogP contribution in [0.2, 0.25) is 0 Å². The third-order valence-corrected chi connectivity index (χ3v) is 6.78. The Labute approximate surface area is 183 Å². The number of benzene rings is 2. The van der Waals surface area contributed by atoms with Crippen LogP contribution in [-0.2, 0) is 17.9 Å². The predicted molar refractivity (Wildman–Crippen MR) is 116 cm³/mol. The topological polar surface area (TPSA) is 71.3 Å². The van der Waals surface area contributed by atoms with Crippen LogP contribution in [0.15, 0.2) is 35.2 Å². The molecule has 3 aromatic rings. The van der Waals surface area contributed by atoms with Gasteiger partial charge >= 0.3 is 6.03 Å². The number of imide groups is 1. The monoisotopic (exact) mass is 439 g/mol. The molecule has 2 aliphatic rings. The minimum atomic E-state index is -0.406. The number of halogens is 1. The second-order valence-corrected chi connectivity index (χ2v) is 8.94. The molecule has 2 aromatic carbocycles. The molecule has 1 saturated carbocycles. The average Bonchev–Trinajstić information content (AvgIpc) is 3.45. The zero-order chi connectivity index (χ0) is 21.7. The van der Waals surface area contributed by atoms with Gasteiger partial charge in [-0.3, -0.25) is 9.69 Å². The van der Waals surface area contributed by atoms with Crippen molar-refractivity contribution in [3.05, 3.63) is 41.7 Å². The molecule has 2 fully saturated rings. The Bertz CT molecular complexity index is 1210. The third kappa shape index (κ3) is 3.56. The van der Waals surface area contributed by atoms with Crippen LogP contribution in [0.4, 0.5) is 9.18 Å². The molecule has 0 N–H and O–H groups in total. The van der Waals surface area contributed by atoms with E-state index in [4.69, 9.17) is 0 Å². The van der Waals surface area contributed by atoms with Crippen molar-refractivity contribution in [2.24, 2.45) is 5.92 Å². The van der Waals surface area contributed by atoms with Crippen LogP contribution in [0, 0.1) is 11.7 Å². The Hall–Kier alpha value is -2.94. The highest BCUT2D eigenvalue weighted by molar-refractivity contribution is 7.99. The summed E-state index contributed by atoms with van der Waals surface area (Å²) in [4.78, 5) is 27.2. The molecule has 2 heterocycles. The zero-order valence-electron chi connectivity index (χ0n) is 17.3. The second kappa shape index (κ2) is 7.64. The van der Waals surface area contributed by atoms with E-state index in [0.29, 0.717) is 11.5 Å². The SMILES string of the molecule is CSc1c(-c2ccc(CN3CC(=O)N(C)C3=O)c(F)c2)ccc2c1nnn2CC1CC1. The zero-order valence-corrected chi connectivity index (χ0v) is 18.2. The number of rotatable bonds is 6. The molecule has 1 aliphatic carbocycles. The molecule has 0 spiro atoms. The molecule has 0 radical (unpaired) electrons. The summed E-state index contributed by atoms with van der Waals surface area (Å²) >= 11 is 1.57. The second-order valence-electron chi connectivity index (χ2n) is 8.13. The first-order chi connectivity index (χ1) is 15.0. The van der Waals surface area contributed by atoms with E-state index in [1.165, 1.54) is 30.9 Å². The van der Waals surface area contributed by atoms with Crippen LogP contribution in [0.5, 0.6) is 0 Å². The normalized spacial score (nSPS) is 16.7. The van der Waals surface area contributed by atoms with Gasteiger partial charge in [0.25, 0.3) is 0 Å². The van der Waals surface area contributed by atoms with E-state index in [0.717, 1.165) is 38.5 Å². The number of amides is 3. The highest BCUT2D eigenvalue weighted by atomic mass is 32.2. The van der Waals surface area contributed by atoms with Crippen molar-refractivity contribution < 1.29 is 14.0 Å². The maximum Gasteiger partial charge on any atom is 0.327 e. The van der Waals surface area contributed by atoms with E-state index in [-0.39, 0.29) is 19.0 Å². The maximum absolute atomic E-state index is 14.9. The van der Waals surface area contributed by atoms with Crippen LogP contribution < -0.4 is 0 Å². The highest BCUT2D eigenvalue weighted by Gasteiger charge is 2.33. The number of hydrogen-bond donors (Lipinski definition) is 0. The number of aromatic nitrogens is 3. The van der Waals surface area contributed by atoms with Gasteiger partial charge in [0.2, 0.25) is 5.91 Å². The summed E-state index contributed by atoms with van der Waals surface area (Å²) in [5.41, 5.74) is 3.85. The Kier molecular flexibility index (Phi) is 4.92. The van der Waals surface area contributed by atoms with E-state index in [2.05, 4.69) is 10.3 Å². The quantitative estimate of drug-likeness (QED) is 0.432. The maximum atomic E-state index is 14.9. The van der Waals surface area contributed by atoms with Crippen LogP contribution >= 0.6 is 11.8 Å². The molecule has 9 heteroatoms. The number of fused-ring (bicyclic) bond motifs is 1. The van der Waals surface area contributed by atoms with E-state index in [9.17, 15) is 14.0 Å². The molecular weight excluding hydrogens is 417 g/mol. The lowest BCUT2D eigenvalue weighted by molar-refractivity contribution is -0.124. The van der Waals surface area contributed by atoms with Crippen LogP contribution in [0.3, 0.4) is 0 Å². The highest BCUT2D eigenvalue weighted by Crippen LogP contribution is 2.37. The van der Waals surface area contributed by atoms with Crippen LogP contribution in [0.1, 0.15) is 18.4 Å². The van der Waals surface area contributed by atoms with Crippen molar-refractivity contribution in [2.75, 3.05) is 19.8 Å². The Balaban J connectivity index is 1.45. The Morgan fingerprint density at radius 1 is 1.19 bits per heavy atom. The van der Waals surface area contributed by atoms with Gasteiger partial charge in [-0.05, 0) is 48.3 Å². The van der Waals surface area contributed by atoms with Gasteiger partial charge in [-0.15, -0.1) is 16.9 Å². The number of likely N-dealkylation sites (N-methyl/N-ethyl adjacent to an activating group) is 1. The van der Waals surface area contributed by atoms with Gasteiger partial charge in [-0.1, -0.05) is 23.4 Å². The average molecular weight is 440 g/mol. The largest absolute Gasteiger partial charge is 0.327 e. The van der Waals surface area contributed by atoms with Crippen LogP contribution in [-0.4, -0.2) is 56.6 Å². The van der Waals surface area contributed by atoms with Crippen molar-refractivity contribution >= 4 is 34.7 Å². The summed E-state index contributed by atoms with van der Waals surface area (Å²) < 4.78 is 16.9. The molecule has 0 atom stereocenters. The lowest BCUT2D eigenvalue weighted by atomic mass is 10.0. The summed E-state index contributed by atoms with van der Waals surface area (Å²) in [6.45, 7) is 0.922. The van der Waals surface area contributed by atoms with Crippen molar-refractivity contribution in [1.82, 2.24) is 24.8 Å². The van der Waals surface area contributed by atoms with Gasteiger partial charge in [-0.2, -0.15) is 0 Å². The number of carbonyl (C=O) groups excluding carboxylic acids is 2. The van der Waals surface area contributed by atoms with E-state index < -0.39 is 11.8 Å². The van der Waals surface area contributed by atoms with Crippen LogP contribution in [0.25, 0.3) is 22.2 Å². The van der Waals surface area contributed by atoms with Gasteiger partial charge in [0.1, 0.15) is 17.9 Å². The van der Waals surface area contributed by atoms with Crippen molar-refractivity contribution in [1.29, 1.82) is 0 Å². The summed E-state index contributed by atoms with van der Waals surface area (Å²) in [7, 11) is 1.44. The molecule has 1 saturated heterocycles. The van der Waals surface area contributed by atoms with Gasteiger partial charge in [-0.25, -0.2) is 13.9 Å². The molecule has 0 unspecified atom stereocenters. The van der Waals surface area contributed by atoms with Gasteiger partial charge in [0, 0.05) is 24.1 Å². The molecule has 7 nitrogen and oxygen atoms in total. The van der Waals surface area contributed by atoms with Crippen molar-refractivity contribution in [3.63, 3.8) is 0 Å². The fourth-order valence-electron chi connectivity index (χ4n) is 3.95. The molecule has 3 amide bonds.